The zero-order valence-electron chi connectivity index (χ0n) is 15.3. The molecule has 0 bridgehead atoms. The maximum absolute atomic E-state index is 12.5. The minimum Gasteiger partial charge on any atom is -0.480 e. The molecule has 10 heteroatoms. The van der Waals surface area contributed by atoms with Crippen LogP contribution in [0.1, 0.15) is 36.5 Å². The summed E-state index contributed by atoms with van der Waals surface area (Å²) in [5.41, 5.74) is 12.5. The Bertz CT molecular complexity index is 905. The Balaban J connectivity index is 1.84. The fraction of sp³-hybridized carbons (Fsp3) is 0.353. The van der Waals surface area contributed by atoms with Crippen LogP contribution in [0.3, 0.4) is 0 Å². The Morgan fingerprint density at radius 3 is 2.85 bits per heavy atom. The van der Waals surface area contributed by atoms with Crippen LogP contribution in [0, 0.1) is 0 Å². The zero-order chi connectivity index (χ0) is 19.6. The minimum atomic E-state index is -0.547. The number of pyridine rings is 1. The van der Waals surface area contributed by atoms with Gasteiger partial charge < -0.3 is 21.5 Å². The summed E-state index contributed by atoms with van der Waals surface area (Å²) in [6, 6.07) is 3.47. The van der Waals surface area contributed by atoms with Gasteiger partial charge in [0.05, 0.1) is 19.0 Å². The number of carbonyl (C=O) groups excluding carboxylic acids is 1. The molecule has 0 radical (unpaired) electrons. The number of amides is 1. The van der Waals surface area contributed by atoms with E-state index in [0.29, 0.717) is 16.1 Å². The van der Waals surface area contributed by atoms with E-state index in [4.69, 9.17) is 16.2 Å². The van der Waals surface area contributed by atoms with Gasteiger partial charge in [0.2, 0.25) is 5.88 Å². The third-order valence-corrected chi connectivity index (χ3v) is 5.04. The second-order valence-corrected chi connectivity index (χ2v) is 7.85. The first-order valence-corrected chi connectivity index (χ1v) is 9.15. The van der Waals surface area contributed by atoms with Gasteiger partial charge in [0.15, 0.2) is 16.7 Å². The summed E-state index contributed by atoms with van der Waals surface area (Å²) in [6.07, 6.45) is 3.75. The number of carbonyl (C=O) groups is 1. The fourth-order valence-electron chi connectivity index (χ4n) is 2.94. The van der Waals surface area contributed by atoms with Crippen molar-refractivity contribution in [1.82, 2.24) is 15.0 Å². The molecule has 0 saturated carbocycles. The molecule has 0 aromatic carbocycles. The number of rotatable bonds is 4. The Morgan fingerprint density at radius 1 is 1.41 bits per heavy atom. The highest BCUT2D eigenvalue weighted by Gasteiger charge is 2.34. The average molecular weight is 387 g/mol. The lowest BCUT2D eigenvalue weighted by Gasteiger charge is -2.32. The monoisotopic (exact) mass is 387 g/mol. The standard InChI is InChI=1S/C17H21N7O2S/c1-9-7-17(2,24-16(19)27-9)11-6-10(4-5-20-11)22-15(25)13-14(18)23-12(26-3)8-21-13/h4-6,8-9H,7H2,1-3H3,(H2,18,23)(H2,19,24)(H,20,22,25)/t9-,17+/m1/s1. The van der Waals surface area contributed by atoms with E-state index >= 15 is 0 Å². The van der Waals surface area contributed by atoms with Crippen molar-refractivity contribution < 1.29 is 9.53 Å². The molecule has 1 amide bonds. The van der Waals surface area contributed by atoms with Crippen molar-refractivity contribution in [2.75, 3.05) is 18.2 Å². The number of ether oxygens (including phenoxy) is 1. The molecular formula is C17H21N7O2S. The smallest absolute Gasteiger partial charge is 0.278 e. The molecule has 9 nitrogen and oxygen atoms in total. The molecule has 0 spiro atoms. The van der Waals surface area contributed by atoms with Crippen molar-refractivity contribution in [3.63, 3.8) is 0 Å². The minimum absolute atomic E-state index is 0.0106. The number of methoxy groups -OCH3 is 1. The molecule has 1 aliphatic rings. The Morgan fingerprint density at radius 2 is 2.19 bits per heavy atom. The van der Waals surface area contributed by atoms with Gasteiger partial charge in [-0.25, -0.2) is 9.98 Å². The van der Waals surface area contributed by atoms with E-state index in [1.807, 2.05) is 6.92 Å². The normalized spacial score (nSPS) is 22.0. The summed E-state index contributed by atoms with van der Waals surface area (Å²) >= 11 is 1.55. The molecule has 2 aromatic rings. The number of nitrogens with zero attached hydrogens (tertiary/aromatic N) is 4. The van der Waals surface area contributed by atoms with Gasteiger partial charge in [-0.15, -0.1) is 0 Å². The van der Waals surface area contributed by atoms with Gasteiger partial charge in [-0.2, -0.15) is 4.98 Å². The van der Waals surface area contributed by atoms with Crippen molar-refractivity contribution in [2.45, 2.75) is 31.1 Å². The van der Waals surface area contributed by atoms with E-state index in [9.17, 15) is 4.79 Å². The third kappa shape index (κ3) is 4.11. The van der Waals surface area contributed by atoms with Crippen LogP contribution in [-0.4, -0.2) is 38.4 Å². The van der Waals surface area contributed by atoms with Gasteiger partial charge in [-0.05, 0) is 25.5 Å². The quantitative estimate of drug-likeness (QED) is 0.720. The highest BCUT2D eigenvalue weighted by molar-refractivity contribution is 8.14. The predicted octanol–water partition coefficient (Wildman–Crippen LogP) is 1.77. The summed E-state index contributed by atoms with van der Waals surface area (Å²) in [7, 11) is 1.45. The predicted molar refractivity (Wildman–Crippen MR) is 106 cm³/mol. The maximum atomic E-state index is 12.5. The van der Waals surface area contributed by atoms with E-state index in [1.54, 1.807) is 30.1 Å². The number of anilines is 2. The molecule has 142 valence electrons. The maximum Gasteiger partial charge on any atom is 0.278 e. The van der Waals surface area contributed by atoms with E-state index in [0.717, 1.165) is 12.1 Å². The van der Waals surface area contributed by atoms with Gasteiger partial charge in [0.25, 0.3) is 5.91 Å². The molecule has 2 atom stereocenters. The van der Waals surface area contributed by atoms with Gasteiger partial charge in [-0.3, -0.25) is 9.78 Å². The lowest BCUT2D eigenvalue weighted by molar-refractivity contribution is 0.102. The molecule has 2 aromatic heterocycles. The summed E-state index contributed by atoms with van der Waals surface area (Å²) in [6.45, 7) is 4.08. The highest BCUT2D eigenvalue weighted by Crippen LogP contribution is 2.38. The van der Waals surface area contributed by atoms with Crippen LogP contribution in [0.15, 0.2) is 29.5 Å². The number of aliphatic imine (C=N–C) groups is 1. The van der Waals surface area contributed by atoms with E-state index in [2.05, 4.69) is 32.2 Å². The third-order valence-electron chi connectivity index (χ3n) is 4.13. The summed E-state index contributed by atoms with van der Waals surface area (Å²) in [4.78, 5) is 29.5. The molecule has 3 rings (SSSR count). The van der Waals surface area contributed by atoms with E-state index < -0.39 is 11.4 Å². The van der Waals surface area contributed by atoms with Crippen LogP contribution in [0.5, 0.6) is 5.88 Å². The number of thioether (sulfide) groups is 1. The van der Waals surface area contributed by atoms with Crippen LogP contribution < -0.4 is 21.5 Å². The second-order valence-electron chi connectivity index (χ2n) is 6.39. The Hall–Kier alpha value is -2.88. The van der Waals surface area contributed by atoms with Crippen molar-refractivity contribution in [2.24, 2.45) is 10.7 Å². The number of nitrogens with two attached hydrogens (primary N) is 2. The lowest BCUT2D eigenvalue weighted by Crippen LogP contribution is -2.33. The van der Waals surface area contributed by atoms with Crippen LogP contribution in [0.2, 0.25) is 0 Å². The summed E-state index contributed by atoms with van der Waals surface area (Å²) in [5.74, 6) is -0.243. The van der Waals surface area contributed by atoms with Crippen LogP contribution in [0.4, 0.5) is 11.5 Å². The largest absolute Gasteiger partial charge is 0.480 e. The number of nitrogens with one attached hydrogen (secondary N) is 1. The number of hydrogen-bond acceptors (Lipinski definition) is 9. The average Bonchev–Trinajstić information content (AvgIpc) is 2.60. The first kappa shape index (κ1) is 18.9. The van der Waals surface area contributed by atoms with Gasteiger partial charge in [-0.1, -0.05) is 18.7 Å². The Kier molecular flexibility index (Phi) is 5.17. The Labute approximate surface area is 161 Å². The van der Waals surface area contributed by atoms with Crippen molar-refractivity contribution in [3.8, 4) is 5.88 Å². The number of nitrogen functional groups attached to an aromatic ring is 1. The summed E-state index contributed by atoms with van der Waals surface area (Å²) in [5, 5.41) is 3.63. The molecule has 0 saturated heterocycles. The van der Waals surface area contributed by atoms with Crippen LogP contribution >= 0.6 is 11.8 Å². The van der Waals surface area contributed by atoms with Crippen molar-refractivity contribution in [3.05, 3.63) is 35.9 Å². The molecule has 0 unspecified atom stereocenters. The van der Waals surface area contributed by atoms with E-state index in [1.165, 1.54) is 13.3 Å². The van der Waals surface area contributed by atoms with Crippen molar-refractivity contribution in [1.29, 1.82) is 0 Å². The first-order chi connectivity index (χ1) is 12.8. The number of amidine groups is 1. The number of hydrogen-bond donors (Lipinski definition) is 3. The molecule has 1 aliphatic heterocycles. The zero-order valence-corrected chi connectivity index (χ0v) is 16.1. The topological polar surface area (TPSA) is 141 Å². The van der Waals surface area contributed by atoms with E-state index in [-0.39, 0.29) is 17.4 Å². The molecule has 0 aliphatic carbocycles. The second kappa shape index (κ2) is 7.39. The molecule has 27 heavy (non-hydrogen) atoms. The molecule has 0 fully saturated rings. The molecule has 5 N–H and O–H groups in total. The highest BCUT2D eigenvalue weighted by atomic mass is 32.2. The lowest BCUT2D eigenvalue weighted by atomic mass is 9.91. The number of aromatic nitrogens is 3. The SMILES string of the molecule is COc1cnc(C(=O)Nc2ccnc([C@]3(C)C[C@@H](C)SC(N)=N3)c2)c(N)n1. The van der Waals surface area contributed by atoms with Gasteiger partial charge in [0, 0.05) is 17.1 Å². The molecule has 3 heterocycles. The summed E-state index contributed by atoms with van der Waals surface area (Å²) < 4.78 is 4.94. The molecular weight excluding hydrogens is 366 g/mol. The fourth-order valence-corrected chi connectivity index (χ4v) is 4.01. The van der Waals surface area contributed by atoms with Gasteiger partial charge in [0.1, 0.15) is 5.54 Å². The van der Waals surface area contributed by atoms with Crippen LogP contribution in [-0.2, 0) is 5.54 Å². The van der Waals surface area contributed by atoms with Gasteiger partial charge >= 0.3 is 0 Å². The first-order valence-electron chi connectivity index (χ1n) is 8.27. The van der Waals surface area contributed by atoms with Crippen molar-refractivity contribution >= 4 is 34.3 Å². The van der Waals surface area contributed by atoms with Crippen LogP contribution in [0.25, 0.3) is 0 Å².